The number of halogens is 1. The van der Waals surface area contributed by atoms with Gasteiger partial charge in [-0.25, -0.2) is 0 Å². The minimum Gasteiger partial charge on any atom is -0.469 e. The van der Waals surface area contributed by atoms with Crippen molar-refractivity contribution in [3.63, 3.8) is 0 Å². The summed E-state index contributed by atoms with van der Waals surface area (Å²) in [5.41, 5.74) is 0.894. The van der Waals surface area contributed by atoms with Crippen LogP contribution in [0.4, 0.5) is 5.69 Å². The number of nitrogens with one attached hydrogen (secondary N) is 1. The zero-order valence-corrected chi connectivity index (χ0v) is 12.8. The Morgan fingerprint density at radius 3 is 2.45 bits per heavy atom. The number of hydrogen-bond acceptors (Lipinski definition) is 4. The van der Waals surface area contributed by atoms with Gasteiger partial charge in [0.05, 0.1) is 19.6 Å². The average Bonchev–Trinajstić information content (AvgIpc) is 2.44. The van der Waals surface area contributed by atoms with Crippen LogP contribution in [0.3, 0.4) is 0 Å². The van der Waals surface area contributed by atoms with E-state index in [0.717, 1.165) is 5.69 Å². The van der Waals surface area contributed by atoms with Crippen LogP contribution in [0.5, 0.6) is 0 Å². The van der Waals surface area contributed by atoms with Gasteiger partial charge in [-0.15, -0.1) is 12.4 Å². The van der Waals surface area contributed by atoms with Gasteiger partial charge in [0, 0.05) is 19.3 Å². The van der Waals surface area contributed by atoms with Gasteiger partial charge in [0.1, 0.15) is 0 Å². The van der Waals surface area contributed by atoms with E-state index in [1.54, 1.807) is 14.0 Å². The minimum absolute atomic E-state index is 0. The first-order valence-electron chi connectivity index (χ1n) is 6.15. The van der Waals surface area contributed by atoms with E-state index in [9.17, 15) is 9.59 Å². The molecule has 0 heterocycles. The van der Waals surface area contributed by atoms with Gasteiger partial charge in [-0.05, 0) is 12.1 Å². The number of nitrogens with zero attached hydrogens (tertiary/aromatic N) is 1. The summed E-state index contributed by atoms with van der Waals surface area (Å²) in [7, 11) is 3.02. The number of anilines is 1. The fraction of sp³-hybridized carbons (Fsp3) is 0.429. The number of amides is 1. The van der Waals surface area contributed by atoms with Gasteiger partial charge >= 0.3 is 5.97 Å². The molecule has 0 saturated heterocycles. The highest BCUT2D eigenvalue weighted by molar-refractivity contribution is 5.85. The summed E-state index contributed by atoms with van der Waals surface area (Å²) >= 11 is 0. The summed E-state index contributed by atoms with van der Waals surface area (Å²) in [4.78, 5) is 24.7. The largest absolute Gasteiger partial charge is 0.469 e. The summed E-state index contributed by atoms with van der Waals surface area (Å²) in [6.07, 6.45) is 0. The molecule has 0 bridgehead atoms. The number of carbonyl (C=O) groups is 2. The van der Waals surface area contributed by atoms with Crippen LogP contribution >= 0.6 is 12.4 Å². The number of likely N-dealkylation sites (N-methyl/N-ethyl adjacent to an activating group) is 1. The van der Waals surface area contributed by atoms with Crippen molar-refractivity contribution in [3.05, 3.63) is 30.3 Å². The maximum Gasteiger partial charge on any atom is 0.310 e. The van der Waals surface area contributed by atoms with Crippen LogP contribution in [0.25, 0.3) is 0 Å². The van der Waals surface area contributed by atoms with E-state index in [-0.39, 0.29) is 36.7 Å². The molecule has 1 atom stereocenters. The lowest BCUT2D eigenvalue weighted by atomic mass is 10.2. The lowest BCUT2D eigenvalue weighted by Crippen LogP contribution is -2.37. The third-order valence-electron chi connectivity index (χ3n) is 2.79. The molecule has 1 N–H and O–H groups in total. The summed E-state index contributed by atoms with van der Waals surface area (Å²) in [5.74, 6) is -0.703. The first-order valence-corrected chi connectivity index (χ1v) is 6.15. The number of hydrogen-bond donors (Lipinski definition) is 1. The van der Waals surface area contributed by atoms with Gasteiger partial charge < -0.3 is 15.0 Å². The van der Waals surface area contributed by atoms with E-state index in [4.69, 9.17) is 0 Å². The smallest absolute Gasteiger partial charge is 0.310 e. The number of ether oxygens (including phenoxy) is 1. The molecule has 1 aromatic rings. The van der Waals surface area contributed by atoms with Crippen LogP contribution in [0.15, 0.2) is 30.3 Å². The van der Waals surface area contributed by atoms with Crippen molar-refractivity contribution in [1.29, 1.82) is 0 Å². The highest BCUT2D eigenvalue weighted by Gasteiger charge is 2.18. The molecule has 6 heteroatoms. The van der Waals surface area contributed by atoms with Crippen molar-refractivity contribution in [2.45, 2.75) is 6.92 Å². The summed E-state index contributed by atoms with van der Waals surface area (Å²) in [6.45, 7) is 2.29. The second-order valence-electron chi connectivity index (χ2n) is 4.42. The number of esters is 1. The van der Waals surface area contributed by atoms with Gasteiger partial charge in [-0.2, -0.15) is 0 Å². The molecule has 1 unspecified atom stereocenters. The van der Waals surface area contributed by atoms with E-state index >= 15 is 0 Å². The zero-order valence-electron chi connectivity index (χ0n) is 12.0. The Hall–Kier alpha value is -1.75. The Morgan fingerprint density at radius 2 is 1.90 bits per heavy atom. The Kier molecular flexibility index (Phi) is 8.40. The van der Waals surface area contributed by atoms with Gasteiger partial charge in [0.15, 0.2) is 0 Å². The molecule has 112 valence electrons. The second-order valence-corrected chi connectivity index (χ2v) is 4.42. The van der Waals surface area contributed by atoms with Gasteiger partial charge in [-0.1, -0.05) is 25.1 Å². The van der Waals surface area contributed by atoms with Gasteiger partial charge in [0.2, 0.25) is 5.91 Å². The molecule has 1 aromatic carbocycles. The van der Waals surface area contributed by atoms with Crippen molar-refractivity contribution in [2.24, 2.45) is 5.92 Å². The first-order chi connectivity index (χ1) is 9.04. The molecule has 0 aliphatic rings. The third kappa shape index (κ3) is 5.93. The molecular weight excluding hydrogens is 280 g/mol. The van der Waals surface area contributed by atoms with Crippen molar-refractivity contribution in [3.8, 4) is 0 Å². The molecule has 0 fully saturated rings. The minimum atomic E-state index is -0.323. The van der Waals surface area contributed by atoms with Crippen LogP contribution < -0.4 is 5.32 Å². The monoisotopic (exact) mass is 300 g/mol. The maximum atomic E-state index is 11.9. The van der Waals surface area contributed by atoms with Crippen LogP contribution in [0, 0.1) is 5.92 Å². The van der Waals surface area contributed by atoms with Crippen molar-refractivity contribution >= 4 is 30.0 Å². The van der Waals surface area contributed by atoms with Gasteiger partial charge in [-0.3, -0.25) is 9.59 Å². The molecule has 5 nitrogen and oxygen atoms in total. The Labute approximate surface area is 125 Å². The van der Waals surface area contributed by atoms with Gasteiger partial charge in [0.25, 0.3) is 0 Å². The topological polar surface area (TPSA) is 58.6 Å². The first kappa shape index (κ1) is 18.2. The SMILES string of the molecule is COC(=O)C(C)CN(C)C(=O)CNc1ccccc1.Cl. The Bertz CT molecular complexity index is 426. The lowest BCUT2D eigenvalue weighted by molar-refractivity contribution is -0.146. The summed E-state index contributed by atoms with van der Waals surface area (Å²) in [5, 5.41) is 3.03. The van der Waals surface area contributed by atoms with E-state index in [2.05, 4.69) is 10.1 Å². The summed E-state index contributed by atoms with van der Waals surface area (Å²) < 4.78 is 4.63. The predicted octanol–water partition coefficient (Wildman–Crippen LogP) is 1.79. The van der Waals surface area contributed by atoms with E-state index in [0.29, 0.717) is 6.54 Å². The standard InChI is InChI=1S/C14H20N2O3.ClH/c1-11(14(18)19-3)10-16(2)13(17)9-15-12-7-5-4-6-8-12;/h4-8,11,15H,9-10H2,1-3H3;1H. The van der Waals surface area contributed by atoms with E-state index < -0.39 is 0 Å². The number of carbonyl (C=O) groups excluding carboxylic acids is 2. The molecule has 20 heavy (non-hydrogen) atoms. The molecule has 0 aromatic heterocycles. The maximum absolute atomic E-state index is 11.9. The lowest BCUT2D eigenvalue weighted by Gasteiger charge is -2.20. The van der Waals surface area contributed by atoms with Crippen LogP contribution in [-0.2, 0) is 14.3 Å². The van der Waals surface area contributed by atoms with Crippen molar-refractivity contribution in [1.82, 2.24) is 4.90 Å². The van der Waals surface area contributed by atoms with Crippen molar-refractivity contribution < 1.29 is 14.3 Å². The molecule has 1 amide bonds. The van der Waals surface area contributed by atoms with Crippen LogP contribution in [0.1, 0.15) is 6.92 Å². The second kappa shape index (κ2) is 9.20. The highest BCUT2D eigenvalue weighted by atomic mass is 35.5. The molecular formula is C14H21ClN2O3. The van der Waals surface area contributed by atoms with Crippen LogP contribution in [0.2, 0.25) is 0 Å². The van der Waals surface area contributed by atoms with Crippen molar-refractivity contribution in [2.75, 3.05) is 32.6 Å². The van der Waals surface area contributed by atoms with Crippen LogP contribution in [-0.4, -0.2) is 44.0 Å². The Morgan fingerprint density at radius 1 is 1.30 bits per heavy atom. The fourth-order valence-electron chi connectivity index (χ4n) is 1.66. The Balaban J connectivity index is 0.00000361. The quantitative estimate of drug-likeness (QED) is 0.814. The fourth-order valence-corrected chi connectivity index (χ4v) is 1.66. The highest BCUT2D eigenvalue weighted by Crippen LogP contribution is 2.05. The van der Waals surface area contributed by atoms with E-state index in [1.807, 2.05) is 30.3 Å². The molecule has 0 saturated carbocycles. The summed E-state index contributed by atoms with van der Waals surface area (Å²) in [6, 6.07) is 9.50. The molecule has 0 radical (unpaired) electrons. The normalized spacial score (nSPS) is 10.9. The number of benzene rings is 1. The number of rotatable bonds is 6. The number of methoxy groups -OCH3 is 1. The molecule has 0 aliphatic carbocycles. The molecule has 0 aliphatic heterocycles. The third-order valence-corrected chi connectivity index (χ3v) is 2.79. The molecule has 1 rings (SSSR count). The van der Waals surface area contributed by atoms with E-state index in [1.165, 1.54) is 12.0 Å². The number of para-hydroxylation sites is 1. The molecule has 0 spiro atoms. The zero-order chi connectivity index (χ0) is 14.3. The predicted molar refractivity (Wildman–Crippen MR) is 81.0 cm³/mol. The average molecular weight is 301 g/mol.